The van der Waals surface area contributed by atoms with E-state index in [1.807, 2.05) is 6.07 Å². The van der Waals surface area contributed by atoms with Crippen LogP contribution in [-0.4, -0.2) is 16.5 Å². The Morgan fingerprint density at radius 1 is 1.11 bits per heavy atom. The van der Waals surface area contributed by atoms with E-state index in [0.717, 1.165) is 5.69 Å². The summed E-state index contributed by atoms with van der Waals surface area (Å²) in [6.45, 7) is 0.579. The smallest absolute Gasteiger partial charge is 0.115 e. The first-order valence-electron chi connectivity index (χ1n) is 6.96. The summed E-state index contributed by atoms with van der Waals surface area (Å²) in [5, 5.41) is 0. The van der Waals surface area contributed by atoms with Crippen LogP contribution in [0.15, 0.2) is 36.8 Å². The number of fused-ring (bicyclic) bond motifs is 1. The molecule has 98 valence electrons. The first-order chi connectivity index (χ1) is 9.38. The average Bonchev–Trinajstić information content (AvgIpc) is 2.49. The Balaban J connectivity index is 1.96. The maximum atomic E-state index is 5.95. The summed E-state index contributed by atoms with van der Waals surface area (Å²) >= 11 is 0. The number of rotatable bonds is 3. The van der Waals surface area contributed by atoms with E-state index >= 15 is 0 Å². The third kappa shape index (κ3) is 2.51. The van der Waals surface area contributed by atoms with Crippen LogP contribution in [-0.2, 0) is 12.8 Å². The number of hydrogen-bond donors (Lipinski definition) is 1. The lowest BCUT2D eigenvalue weighted by molar-refractivity contribution is 0.681. The second-order valence-corrected chi connectivity index (χ2v) is 5.16. The van der Waals surface area contributed by atoms with E-state index in [1.54, 1.807) is 12.5 Å². The van der Waals surface area contributed by atoms with Gasteiger partial charge in [0.05, 0.1) is 5.69 Å². The second kappa shape index (κ2) is 5.49. The molecule has 1 aliphatic carbocycles. The summed E-state index contributed by atoms with van der Waals surface area (Å²) in [7, 11) is 0. The van der Waals surface area contributed by atoms with Crippen molar-refractivity contribution < 1.29 is 0 Å². The van der Waals surface area contributed by atoms with Gasteiger partial charge in [-0.15, -0.1) is 0 Å². The number of nitrogens with two attached hydrogens (primary N) is 1. The molecule has 1 unspecified atom stereocenters. The second-order valence-electron chi connectivity index (χ2n) is 5.16. The molecule has 19 heavy (non-hydrogen) atoms. The molecule has 1 aromatic carbocycles. The topological polar surface area (TPSA) is 51.8 Å². The Labute approximate surface area is 113 Å². The lowest BCUT2D eigenvalue weighted by Crippen LogP contribution is -2.16. The van der Waals surface area contributed by atoms with Gasteiger partial charge in [0.2, 0.25) is 0 Å². The van der Waals surface area contributed by atoms with Gasteiger partial charge in [-0.05, 0) is 48.4 Å². The minimum absolute atomic E-state index is 0.176. The molecular weight excluding hydrogens is 234 g/mol. The van der Waals surface area contributed by atoms with Gasteiger partial charge in [-0.1, -0.05) is 18.2 Å². The number of aromatic nitrogens is 2. The third-order valence-electron chi connectivity index (χ3n) is 3.97. The zero-order valence-corrected chi connectivity index (χ0v) is 11.0. The highest BCUT2D eigenvalue weighted by molar-refractivity contribution is 5.38. The molecule has 2 N–H and O–H groups in total. The summed E-state index contributed by atoms with van der Waals surface area (Å²) in [5.74, 6) is 0.176. The van der Waals surface area contributed by atoms with Crippen LogP contribution >= 0.6 is 0 Å². The van der Waals surface area contributed by atoms with Gasteiger partial charge in [0.1, 0.15) is 6.33 Å². The Bertz CT molecular complexity index is 551. The van der Waals surface area contributed by atoms with Crippen LogP contribution in [0.5, 0.6) is 0 Å². The van der Waals surface area contributed by atoms with Crippen LogP contribution in [0.2, 0.25) is 0 Å². The highest BCUT2D eigenvalue weighted by Gasteiger charge is 2.16. The molecule has 0 fully saturated rings. The maximum Gasteiger partial charge on any atom is 0.115 e. The van der Waals surface area contributed by atoms with E-state index < -0.39 is 0 Å². The van der Waals surface area contributed by atoms with Crippen LogP contribution in [0.25, 0.3) is 0 Å². The van der Waals surface area contributed by atoms with Crippen molar-refractivity contribution in [1.29, 1.82) is 0 Å². The van der Waals surface area contributed by atoms with Crippen molar-refractivity contribution in [1.82, 2.24) is 9.97 Å². The molecule has 0 amide bonds. The third-order valence-corrected chi connectivity index (χ3v) is 3.97. The molecule has 0 bridgehead atoms. The van der Waals surface area contributed by atoms with Gasteiger partial charge in [0, 0.05) is 18.7 Å². The molecule has 3 heteroatoms. The molecule has 1 atom stereocenters. The molecule has 2 aromatic rings. The van der Waals surface area contributed by atoms with E-state index in [-0.39, 0.29) is 5.92 Å². The van der Waals surface area contributed by atoms with E-state index in [9.17, 15) is 0 Å². The van der Waals surface area contributed by atoms with E-state index in [1.165, 1.54) is 42.4 Å². The van der Waals surface area contributed by atoms with Crippen LogP contribution in [0.4, 0.5) is 0 Å². The van der Waals surface area contributed by atoms with Crippen molar-refractivity contribution in [3.05, 3.63) is 59.2 Å². The van der Waals surface area contributed by atoms with Crippen molar-refractivity contribution in [2.24, 2.45) is 5.73 Å². The highest BCUT2D eigenvalue weighted by Crippen LogP contribution is 2.27. The zero-order chi connectivity index (χ0) is 13.1. The summed E-state index contributed by atoms with van der Waals surface area (Å²) in [6.07, 6.45) is 8.41. The van der Waals surface area contributed by atoms with E-state index in [0.29, 0.717) is 6.54 Å². The molecule has 1 aromatic heterocycles. The molecule has 3 rings (SSSR count). The molecule has 3 nitrogen and oxygen atoms in total. The minimum atomic E-state index is 0.176. The van der Waals surface area contributed by atoms with Crippen molar-refractivity contribution in [3.8, 4) is 0 Å². The van der Waals surface area contributed by atoms with E-state index in [4.69, 9.17) is 5.73 Å². The number of nitrogens with zero attached hydrogens (tertiary/aromatic N) is 2. The van der Waals surface area contributed by atoms with Crippen molar-refractivity contribution in [3.63, 3.8) is 0 Å². The fourth-order valence-electron chi connectivity index (χ4n) is 2.90. The predicted molar refractivity (Wildman–Crippen MR) is 76.0 cm³/mol. The molecule has 1 heterocycles. The molecule has 1 aliphatic rings. The summed E-state index contributed by atoms with van der Waals surface area (Å²) < 4.78 is 0. The van der Waals surface area contributed by atoms with Crippen LogP contribution in [0.1, 0.15) is 41.1 Å². The minimum Gasteiger partial charge on any atom is -0.329 e. The molecule has 0 aliphatic heterocycles. The van der Waals surface area contributed by atoms with Gasteiger partial charge in [0.25, 0.3) is 0 Å². The summed E-state index contributed by atoms with van der Waals surface area (Å²) in [6, 6.07) is 8.77. The largest absolute Gasteiger partial charge is 0.329 e. The van der Waals surface area contributed by atoms with Gasteiger partial charge in [-0.25, -0.2) is 9.97 Å². The van der Waals surface area contributed by atoms with Crippen LogP contribution in [0, 0.1) is 0 Å². The number of hydrogen-bond acceptors (Lipinski definition) is 3. The van der Waals surface area contributed by atoms with Crippen molar-refractivity contribution in [2.45, 2.75) is 31.6 Å². The van der Waals surface area contributed by atoms with E-state index in [2.05, 4.69) is 28.2 Å². The molecule has 0 saturated carbocycles. The monoisotopic (exact) mass is 253 g/mol. The normalized spacial score (nSPS) is 15.8. The zero-order valence-electron chi connectivity index (χ0n) is 11.0. The number of benzene rings is 1. The Hall–Kier alpha value is -1.74. The first kappa shape index (κ1) is 12.3. The first-order valence-corrected chi connectivity index (χ1v) is 6.96. The Kier molecular flexibility index (Phi) is 3.56. The summed E-state index contributed by atoms with van der Waals surface area (Å²) in [5.41, 5.74) is 11.2. The SMILES string of the molecule is NCC(c1ccc2c(c1)CCCC2)c1ccncn1. The average molecular weight is 253 g/mol. The van der Waals surface area contributed by atoms with Crippen LogP contribution < -0.4 is 5.73 Å². The quantitative estimate of drug-likeness (QED) is 0.914. The van der Waals surface area contributed by atoms with Crippen LogP contribution in [0.3, 0.4) is 0 Å². The Morgan fingerprint density at radius 3 is 2.68 bits per heavy atom. The molecular formula is C16H19N3. The highest BCUT2D eigenvalue weighted by atomic mass is 14.8. The van der Waals surface area contributed by atoms with Gasteiger partial charge in [-0.3, -0.25) is 0 Å². The van der Waals surface area contributed by atoms with Gasteiger partial charge < -0.3 is 5.73 Å². The van der Waals surface area contributed by atoms with Gasteiger partial charge in [0.15, 0.2) is 0 Å². The fraction of sp³-hybridized carbons (Fsp3) is 0.375. The number of aryl methyl sites for hydroxylation is 2. The van der Waals surface area contributed by atoms with Crippen molar-refractivity contribution >= 4 is 0 Å². The lowest BCUT2D eigenvalue weighted by Gasteiger charge is -2.20. The fourth-order valence-corrected chi connectivity index (χ4v) is 2.90. The predicted octanol–water partition coefficient (Wildman–Crippen LogP) is 2.45. The van der Waals surface area contributed by atoms with Gasteiger partial charge >= 0.3 is 0 Å². The summed E-state index contributed by atoms with van der Waals surface area (Å²) in [4.78, 5) is 8.32. The molecule has 0 radical (unpaired) electrons. The van der Waals surface area contributed by atoms with Gasteiger partial charge in [-0.2, -0.15) is 0 Å². The molecule has 0 saturated heterocycles. The molecule has 0 spiro atoms. The lowest BCUT2D eigenvalue weighted by atomic mass is 9.86. The Morgan fingerprint density at radius 2 is 1.95 bits per heavy atom. The standard InChI is InChI=1S/C16H19N3/c17-10-15(16-7-8-18-11-19-16)14-6-5-12-3-1-2-4-13(12)9-14/h5-9,11,15H,1-4,10,17H2. The van der Waals surface area contributed by atoms with Crippen molar-refractivity contribution in [2.75, 3.05) is 6.54 Å². The maximum absolute atomic E-state index is 5.95.